The Balaban J connectivity index is 1.51. The van der Waals surface area contributed by atoms with Crippen LogP contribution in [0.4, 0.5) is 0 Å². The average molecular weight is 530 g/mol. The maximum Gasteiger partial charge on any atom is 0.245 e. The minimum Gasteiger partial charge on any atom is -0.493 e. The highest BCUT2D eigenvalue weighted by atomic mass is 35.5. The number of ether oxygens (including phenoxy) is 3. The summed E-state index contributed by atoms with van der Waals surface area (Å²) in [5.41, 5.74) is 3.87. The SMILES string of the molecule is COc1ccc(CCN(Cc2cccc(OCc3ccccc3)c2)C(=O)C(Cl)c2ccccc2)cc1OC. The molecule has 4 rings (SSSR count). The van der Waals surface area contributed by atoms with E-state index in [0.717, 1.165) is 28.0 Å². The summed E-state index contributed by atoms with van der Waals surface area (Å²) in [6, 6.07) is 33.1. The van der Waals surface area contributed by atoms with Crippen LogP contribution in [0.5, 0.6) is 17.2 Å². The van der Waals surface area contributed by atoms with Crippen molar-refractivity contribution in [2.75, 3.05) is 20.8 Å². The molecule has 0 N–H and O–H groups in total. The Bertz CT molecular complexity index is 1310. The van der Waals surface area contributed by atoms with E-state index in [1.165, 1.54) is 0 Å². The van der Waals surface area contributed by atoms with Crippen molar-refractivity contribution in [1.29, 1.82) is 0 Å². The van der Waals surface area contributed by atoms with Gasteiger partial charge in [0.05, 0.1) is 14.2 Å². The Kier molecular flexibility index (Phi) is 9.65. The first kappa shape index (κ1) is 27.1. The summed E-state index contributed by atoms with van der Waals surface area (Å²) in [6.45, 7) is 1.37. The standard InChI is InChI=1S/C32H32ClNO4/c1-36-29-17-16-24(21-30(29)37-2)18-19-34(32(35)31(33)27-13-7-4-8-14-27)22-26-12-9-15-28(20-26)38-23-25-10-5-3-6-11-25/h3-17,20-21,31H,18-19,22-23H2,1-2H3. The normalized spacial score (nSPS) is 11.4. The number of methoxy groups -OCH3 is 2. The number of rotatable bonds is 12. The lowest BCUT2D eigenvalue weighted by molar-refractivity contribution is -0.131. The lowest BCUT2D eigenvalue weighted by Gasteiger charge is -2.26. The predicted octanol–water partition coefficient (Wildman–Crippen LogP) is 6.83. The van der Waals surface area contributed by atoms with Gasteiger partial charge < -0.3 is 19.1 Å². The van der Waals surface area contributed by atoms with Gasteiger partial charge in [0.25, 0.3) is 0 Å². The second kappa shape index (κ2) is 13.5. The molecule has 0 spiro atoms. The molecule has 0 bridgehead atoms. The molecule has 0 saturated heterocycles. The fraction of sp³-hybridized carbons (Fsp3) is 0.219. The van der Waals surface area contributed by atoms with Gasteiger partial charge in [0.15, 0.2) is 11.5 Å². The van der Waals surface area contributed by atoms with Crippen LogP contribution < -0.4 is 14.2 Å². The van der Waals surface area contributed by atoms with Gasteiger partial charge in [0.1, 0.15) is 17.7 Å². The Morgan fingerprint density at radius 2 is 1.45 bits per heavy atom. The van der Waals surface area contributed by atoms with E-state index >= 15 is 0 Å². The van der Waals surface area contributed by atoms with Crippen molar-refractivity contribution in [3.8, 4) is 17.2 Å². The molecule has 0 heterocycles. The molecule has 6 heteroatoms. The maximum absolute atomic E-state index is 13.6. The molecule has 0 saturated carbocycles. The minimum absolute atomic E-state index is 0.144. The molecule has 196 valence electrons. The molecule has 0 fully saturated rings. The predicted molar refractivity (Wildman–Crippen MR) is 151 cm³/mol. The van der Waals surface area contributed by atoms with Crippen molar-refractivity contribution in [1.82, 2.24) is 4.90 Å². The summed E-state index contributed by atoms with van der Waals surface area (Å²) in [5, 5.41) is -0.779. The summed E-state index contributed by atoms with van der Waals surface area (Å²) in [5.74, 6) is 1.94. The summed E-state index contributed by atoms with van der Waals surface area (Å²) in [7, 11) is 3.22. The third kappa shape index (κ3) is 7.30. The van der Waals surface area contributed by atoms with Crippen molar-refractivity contribution >= 4 is 17.5 Å². The maximum atomic E-state index is 13.6. The second-order valence-electron chi connectivity index (χ2n) is 8.89. The smallest absolute Gasteiger partial charge is 0.245 e. The summed E-state index contributed by atoms with van der Waals surface area (Å²) in [4.78, 5) is 15.4. The number of benzene rings is 4. The first-order chi connectivity index (χ1) is 18.6. The number of amides is 1. The van der Waals surface area contributed by atoms with E-state index in [9.17, 15) is 4.79 Å². The van der Waals surface area contributed by atoms with E-state index in [4.69, 9.17) is 25.8 Å². The van der Waals surface area contributed by atoms with Gasteiger partial charge >= 0.3 is 0 Å². The third-order valence-corrected chi connectivity index (χ3v) is 6.70. The molecule has 0 aliphatic heterocycles. The third-order valence-electron chi connectivity index (χ3n) is 6.26. The molecular formula is C32H32ClNO4. The number of hydrogen-bond donors (Lipinski definition) is 0. The van der Waals surface area contributed by atoms with Crippen molar-refractivity contribution in [2.45, 2.75) is 24.9 Å². The number of nitrogens with zero attached hydrogens (tertiary/aromatic N) is 1. The van der Waals surface area contributed by atoms with Gasteiger partial charge in [0, 0.05) is 13.1 Å². The van der Waals surface area contributed by atoms with Gasteiger partial charge in [-0.3, -0.25) is 4.79 Å². The Labute approximate surface area is 229 Å². The van der Waals surface area contributed by atoms with Crippen molar-refractivity contribution in [3.05, 3.63) is 125 Å². The van der Waals surface area contributed by atoms with E-state index in [0.29, 0.717) is 37.6 Å². The second-order valence-corrected chi connectivity index (χ2v) is 9.33. The molecule has 4 aromatic carbocycles. The minimum atomic E-state index is -0.779. The van der Waals surface area contributed by atoms with Crippen LogP contribution in [0, 0.1) is 0 Å². The van der Waals surface area contributed by atoms with Crippen LogP contribution in [0.1, 0.15) is 27.6 Å². The van der Waals surface area contributed by atoms with Crippen LogP contribution in [-0.4, -0.2) is 31.6 Å². The fourth-order valence-corrected chi connectivity index (χ4v) is 4.47. The van der Waals surface area contributed by atoms with Crippen LogP contribution in [0.3, 0.4) is 0 Å². The molecule has 1 amide bonds. The number of carbonyl (C=O) groups is 1. The molecule has 4 aromatic rings. The fourth-order valence-electron chi connectivity index (χ4n) is 4.19. The van der Waals surface area contributed by atoms with E-state index < -0.39 is 5.38 Å². The molecule has 0 aliphatic carbocycles. The van der Waals surface area contributed by atoms with Crippen LogP contribution in [0.15, 0.2) is 103 Å². The summed E-state index contributed by atoms with van der Waals surface area (Å²) < 4.78 is 16.8. The molecule has 0 aliphatic rings. The van der Waals surface area contributed by atoms with Crippen LogP contribution in [-0.2, 0) is 24.4 Å². The Morgan fingerprint density at radius 3 is 2.16 bits per heavy atom. The lowest BCUT2D eigenvalue weighted by atomic mass is 10.1. The van der Waals surface area contributed by atoms with Gasteiger partial charge in [-0.1, -0.05) is 78.9 Å². The van der Waals surface area contributed by atoms with E-state index in [-0.39, 0.29) is 5.91 Å². The van der Waals surface area contributed by atoms with Crippen LogP contribution in [0.2, 0.25) is 0 Å². The molecular weight excluding hydrogens is 498 g/mol. The molecule has 0 aromatic heterocycles. The zero-order valence-corrected chi connectivity index (χ0v) is 22.4. The quantitative estimate of drug-likeness (QED) is 0.189. The number of alkyl halides is 1. The highest BCUT2D eigenvalue weighted by molar-refractivity contribution is 6.30. The van der Waals surface area contributed by atoms with E-state index in [1.807, 2.05) is 103 Å². The van der Waals surface area contributed by atoms with Crippen molar-refractivity contribution in [2.24, 2.45) is 0 Å². The Hall–Kier alpha value is -3.96. The largest absolute Gasteiger partial charge is 0.493 e. The van der Waals surface area contributed by atoms with Gasteiger partial charge in [-0.2, -0.15) is 0 Å². The number of carbonyl (C=O) groups excluding carboxylic acids is 1. The zero-order valence-electron chi connectivity index (χ0n) is 21.7. The van der Waals surface area contributed by atoms with Crippen LogP contribution >= 0.6 is 11.6 Å². The van der Waals surface area contributed by atoms with Gasteiger partial charge in [-0.25, -0.2) is 0 Å². The highest BCUT2D eigenvalue weighted by Gasteiger charge is 2.24. The van der Waals surface area contributed by atoms with Crippen LogP contribution in [0.25, 0.3) is 0 Å². The first-order valence-corrected chi connectivity index (χ1v) is 13.0. The van der Waals surface area contributed by atoms with Crippen molar-refractivity contribution in [3.63, 3.8) is 0 Å². The lowest BCUT2D eigenvalue weighted by Crippen LogP contribution is -2.35. The molecule has 0 radical (unpaired) electrons. The van der Waals surface area contributed by atoms with Crippen molar-refractivity contribution < 1.29 is 19.0 Å². The molecule has 38 heavy (non-hydrogen) atoms. The Morgan fingerprint density at radius 1 is 0.763 bits per heavy atom. The number of halogens is 1. The van der Waals surface area contributed by atoms with E-state index in [1.54, 1.807) is 19.1 Å². The van der Waals surface area contributed by atoms with Gasteiger partial charge in [-0.15, -0.1) is 11.6 Å². The molecule has 5 nitrogen and oxygen atoms in total. The zero-order chi connectivity index (χ0) is 26.7. The first-order valence-electron chi connectivity index (χ1n) is 12.5. The average Bonchev–Trinajstić information content (AvgIpc) is 2.98. The highest BCUT2D eigenvalue weighted by Crippen LogP contribution is 2.29. The topological polar surface area (TPSA) is 48.0 Å². The molecule has 1 unspecified atom stereocenters. The number of hydrogen-bond acceptors (Lipinski definition) is 4. The van der Waals surface area contributed by atoms with Gasteiger partial charge in [-0.05, 0) is 52.9 Å². The molecule has 1 atom stereocenters. The van der Waals surface area contributed by atoms with Gasteiger partial charge in [0.2, 0.25) is 5.91 Å². The van der Waals surface area contributed by atoms with E-state index in [2.05, 4.69) is 0 Å². The summed E-state index contributed by atoms with van der Waals surface area (Å²) >= 11 is 6.68. The summed E-state index contributed by atoms with van der Waals surface area (Å²) in [6.07, 6.45) is 0.634. The monoisotopic (exact) mass is 529 g/mol.